The minimum atomic E-state index is -0.208. The molecule has 0 aliphatic rings. The Balaban J connectivity index is 1.25. The van der Waals surface area contributed by atoms with Crippen LogP contribution >= 0.6 is 0 Å². The molecule has 6 heterocycles. The van der Waals surface area contributed by atoms with Crippen molar-refractivity contribution in [3.63, 3.8) is 0 Å². The molecular formula is C29H19N9O. The van der Waals surface area contributed by atoms with Gasteiger partial charge in [-0.2, -0.15) is 5.10 Å². The van der Waals surface area contributed by atoms with Crippen molar-refractivity contribution in [1.82, 2.24) is 40.1 Å². The smallest absolute Gasteiger partial charge is 0.255 e. The van der Waals surface area contributed by atoms with Crippen molar-refractivity contribution in [2.75, 3.05) is 5.32 Å². The standard InChI is InChI=1S/C29H19N9O/c39-29(18-4-2-1-3-5-18)34-20-12-19(14-31-15-20)23-13-21-24(16-33-23)37-38-26(21)28-35-22-8-11-32-25(27(22)36-28)17-6-9-30-10-7-17/h1-16H,(H,34,39)(H,35,36)(H,37,38). The molecule has 10 heteroatoms. The Morgan fingerprint density at radius 1 is 0.769 bits per heavy atom. The summed E-state index contributed by atoms with van der Waals surface area (Å²) in [4.78, 5) is 38.4. The first-order valence-electron chi connectivity index (χ1n) is 12.1. The van der Waals surface area contributed by atoms with Gasteiger partial charge in [-0.3, -0.25) is 29.8 Å². The van der Waals surface area contributed by atoms with Crippen LogP contribution in [0, 0.1) is 0 Å². The van der Waals surface area contributed by atoms with E-state index in [1.54, 1.807) is 49.3 Å². The van der Waals surface area contributed by atoms with Crippen LogP contribution in [0.2, 0.25) is 0 Å². The fourth-order valence-electron chi connectivity index (χ4n) is 4.46. The largest absolute Gasteiger partial charge is 0.336 e. The van der Waals surface area contributed by atoms with Gasteiger partial charge < -0.3 is 10.3 Å². The molecule has 1 amide bonds. The number of hydrogen-bond acceptors (Lipinski definition) is 7. The third-order valence-electron chi connectivity index (χ3n) is 6.35. The molecule has 0 saturated carbocycles. The second-order valence-electron chi connectivity index (χ2n) is 8.85. The molecule has 3 N–H and O–H groups in total. The predicted molar refractivity (Wildman–Crippen MR) is 148 cm³/mol. The van der Waals surface area contributed by atoms with Crippen molar-refractivity contribution in [2.24, 2.45) is 0 Å². The highest BCUT2D eigenvalue weighted by Gasteiger charge is 2.17. The van der Waals surface area contributed by atoms with Gasteiger partial charge in [0.15, 0.2) is 5.82 Å². The first-order valence-corrected chi connectivity index (χ1v) is 12.1. The van der Waals surface area contributed by atoms with E-state index in [1.807, 2.05) is 48.5 Å². The summed E-state index contributed by atoms with van der Waals surface area (Å²) in [6.45, 7) is 0. The van der Waals surface area contributed by atoms with Crippen LogP contribution < -0.4 is 5.32 Å². The highest BCUT2D eigenvalue weighted by atomic mass is 16.1. The second kappa shape index (κ2) is 9.27. The molecule has 0 atom stereocenters. The van der Waals surface area contributed by atoms with Crippen LogP contribution in [0.15, 0.2) is 97.8 Å². The normalized spacial score (nSPS) is 11.2. The number of carbonyl (C=O) groups excluding carboxylic acids is 1. The highest BCUT2D eigenvalue weighted by molar-refractivity contribution is 6.04. The molecule has 0 saturated heterocycles. The average Bonchev–Trinajstić information content (AvgIpc) is 3.62. The van der Waals surface area contributed by atoms with Gasteiger partial charge in [-0.15, -0.1) is 0 Å². The number of pyridine rings is 4. The summed E-state index contributed by atoms with van der Waals surface area (Å²) in [5.74, 6) is 0.402. The van der Waals surface area contributed by atoms with Crippen LogP contribution in [0.1, 0.15) is 10.4 Å². The Morgan fingerprint density at radius 2 is 1.64 bits per heavy atom. The molecule has 0 radical (unpaired) electrons. The zero-order chi connectivity index (χ0) is 26.2. The Labute approximate surface area is 221 Å². The SMILES string of the molecule is O=C(Nc1cncc(-c2cc3c(-c4nc5c(-c6ccncc6)nccc5[nH]4)n[nH]c3cn2)c1)c1ccccc1. The highest BCUT2D eigenvalue weighted by Crippen LogP contribution is 2.31. The monoisotopic (exact) mass is 509 g/mol. The molecule has 0 aliphatic heterocycles. The van der Waals surface area contributed by atoms with E-state index in [-0.39, 0.29) is 5.91 Å². The van der Waals surface area contributed by atoms with Crippen LogP contribution in [-0.2, 0) is 0 Å². The topological polar surface area (TPSA) is 138 Å². The van der Waals surface area contributed by atoms with Gasteiger partial charge in [0.2, 0.25) is 0 Å². The molecule has 6 aromatic heterocycles. The van der Waals surface area contributed by atoms with E-state index in [0.29, 0.717) is 28.5 Å². The zero-order valence-electron chi connectivity index (χ0n) is 20.3. The minimum Gasteiger partial charge on any atom is -0.336 e. The fourth-order valence-corrected chi connectivity index (χ4v) is 4.46. The molecule has 0 spiro atoms. The Morgan fingerprint density at radius 3 is 2.51 bits per heavy atom. The predicted octanol–water partition coefficient (Wildman–Crippen LogP) is 5.27. The molecule has 0 unspecified atom stereocenters. The number of hydrogen-bond donors (Lipinski definition) is 3. The molecular weight excluding hydrogens is 490 g/mol. The molecule has 0 bridgehead atoms. The van der Waals surface area contributed by atoms with Crippen LogP contribution in [0.3, 0.4) is 0 Å². The summed E-state index contributed by atoms with van der Waals surface area (Å²) < 4.78 is 0. The van der Waals surface area contributed by atoms with Crippen LogP contribution in [0.25, 0.3) is 56.0 Å². The third-order valence-corrected chi connectivity index (χ3v) is 6.35. The Bertz CT molecular complexity index is 1960. The Hall–Kier alpha value is -5.77. The number of aromatic amines is 2. The Kier molecular flexibility index (Phi) is 5.33. The fraction of sp³-hybridized carbons (Fsp3) is 0. The van der Waals surface area contributed by atoms with Crippen molar-refractivity contribution in [2.45, 2.75) is 0 Å². The molecule has 0 fully saturated rings. The van der Waals surface area contributed by atoms with Crippen LogP contribution in [0.4, 0.5) is 5.69 Å². The van der Waals surface area contributed by atoms with E-state index >= 15 is 0 Å². The summed E-state index contributed by atoms with van der Waals surface area (Å²) >= 11 is 0. The number of rotatable bonds is 5. The molecule has 0 aliphatic carbocycles. The lowest BCUT2D eigenvalue weighted by Gasteiger charge is -2.07. The number of fused-ring (bicyclic) bond motifs is 2. The van der Waals surface area contributed by atoms with Gasteiger partial charge in [0.1, 0.15) is 11.2 Å². The van der Waals surface area contributed by atoms with Gasteiger partial charge in [-0.1, -0.05) is 18.2 Å². The maximum Gasteiger partial charge on any atom is 0.255 e. The lowest BCUT2D eigenvalue weighted by Crippen LogP contribution is -2.11. The van der Waals surface area contributed by atoms with Gasteiger partial charge in [0.25, 0.3) is 5.91 Å². The molecule has 39 heavy (non-hydrogen) atoms. The first kappa shape index (κ1) is 22.4. The molecule has 186 valence electrons. The van der Waals surface area contributed by atoms with Gasteiger partial charge in [0, 0.05) is 46.9 Å². The maximum absolute atomic E-state index is 12.6. The zero-order valence-corrected chi connectivity index (χ0v) is 20.3. The number of nitrogens with zero attached hydrogens (tertiary/aromatic N) is 6. The number of aromatic nitrogens is 8. The van der Waals surface area contributed by atoms with E-state index in [9.17, 15) is 4.79 Å². The molecule has 10 nitrogen and oxygen atoms in total. The van der Waals surface area contributed by atoms with E-state index in [0.717, 1.165) is 38.8 Å². The number of benzene rings is 1. The van der Waals surface area contributed by atoms with Gasteiger partial charge in [-0.05, 0) is 42.5 Å². The average molecular weight is 510 g/mol. The van der Waals surface area contributed by atoms with Crippen molar-refractivity contribution < 1.29 is 4.79 Å². The van der Waals surface area contributed by atoms with Crippen LogP contribution in [-0.4, -0.2) is 46.0 Å². The number of anilines is 1. The maximum atomic E-state index is 12.6. The van der Waals surface area contributed by atoms with E-state index in [2.05, 4.69) is 40.4 Å². The van der Waals surface area contributed by atoms with Crippen LogP contribution in [0.5, 0.6) is 0 Å². The first-order chi connectivity index (χ1) is 19.2. The van der Waals surface area contributed by atoms with Gasteiger partial charge in [0.05, 0.1) is 40.5 Å². The van der Waals surface area contributed by atoms with Crippen molar-refractivity contribution in [3.05, 3.63) is 103 Å². The summed E-state index contributed by atoms with van der Waals surface area (Å²) in [7, 11) is 0. The summed E-state index contributed by atoms with van der Waals surface area (Å²) in [6, 6.07) is 18.5. The number of imidazole rings is 1. The van der Waals surface area contributed by atoms with Crippen molar-refractivity contribution >= 4 is 33.5 Å². The quantitative estimate of drug-likeness (QED) is 0.287. The third kappa shape index (κ3) is 4.15. The molecule has 1 aromatic carbocycles. The number of H-pyrrole nitrogens is 2. The number of amides is 1. The summed E-state index contributed by atoms with van der Waals surface area (Å²) in [6.07, 6.45) is 10.3. The summed E-state index contributed by atoms with van der Waals surface area (Å²) in [5.41, 5.74) is 7.29. The van der Waals surface area contributed by atoms with Gasteiger partial charge in [-0.25, -0.2) is 4.98 Å². The second-order valence-corrected chi connectivity index (χ2v) is 8.85. The van der Waals surface area contributed by atoms with E-state index in [1.165, 1.54) is 0 Å². The lowest BCUT2D eigenvalue weighted by molar-refractivity contribution is 0.102. The van der Waals surface area contributed by atoms with Crippen molar-refractivity contribution in [3.8, 4) is 34.0 Å². The lowest BCUT2D eigenvalue weighted by atomic mass is 10.1. The minimum absolute atomic E-state index is 0.208. The summed E-state index contributed by atoms with van der Waals surface area (Å²) in [5, 5.41) is 11.3. The number of carbonyl (C=O) groups is 1. The van der Waals surface area contributed by atoms with E-state index < -0.39 is 0 Å². The molecule has 7 aromatic rings. The molecule has 7 rings (SSSR count). The van der Waals surface area contributed by atoms with Crippen molar-refractivity contribution in [1.29, 1.82) is 0 Å². The van der Waals surface area contributed by atoms with E-state index in [4.69, 9.17) is 4.98 Å². The number of nitrogens with one attached hydrogen (secondary N) is 3. The van der Waals surface area contributed by atoms with Gasteiger partial charge >= 0.3 is 0 Å².